The Labute approximate surface area is 107 Å². The van der Waals surface area contributed by atoms with E-state index in [1.165, 1.54) is 0 Å². The van der Waals surface area contributed by atoms with Gasteiger partial charge in [-0.15, -0.1) is 0 Å². The Bertz CT molecular complexity index is 374. The molecule has 16 heavy (non-hydrogen) atoms. The molecule has 0 fully saturated rings. The Morgan fingerprint density at radius 3 is 2.94 bits per heavy atom. The average molecular weight is 308 g/mol. The van der Waals surface area contributed by atoms with Crippen molar-refractivity contribution in [2.45, 2.75) is 0 Å². The summed E-state index contributed by atoms with van der Waals surface area (Å²) in [5.41, 5.74) is 5.86. The Hall–Kier alpha value is -0.620. The van der Waals surface area contributed by atoms with E-state index in [1.807, 2.05) is 0 Å². The summed E-state index contributed by atoms with van der Waals surface area (Å²) in [6.45, 7) is 0.761. The van der Waals surface area contributed by atoms with Gasteiger partial charge in [0.2, 0.25) is 5.91 Å². The monoisotopic (exact) mass is 306 g/mol. The van der Waals surface area contributed by atoms with Gasteiger partial charge in [-0.1, -0.05) is 11.6 Å². The predicted octanol–water partition coefficient (Wildman–Crippen LogP) is 2.02. The third-order valence-electron chi connectivity index (χ3n) is 1.70. The molecule has 0 radical (unpaired) electrons. The lowest BCUT2D eigenvalue weighted by molar-refractivity contribution is -0.120. The molecule has 3 N–H and O–H groups in total. The molecule has 88 valence electrons. The van der Waals surface area contributed by atoms with Crippen LogP contribution < -0.4 is 11.1 Å². The zero-order valence-corrected chi connectivity index (χ0v) is 10.8. The average Bonchev–Trinajstić information content (AvgIpc) is 2.24. The molecule has 0 aliphatic carbocycles. The summed E-state index contributed by atoms with van der Waals surface area (Å²) in [5, 5.41) is 3.20. The third kappa shape index (κ3) is 4.49. The molecule has 1 aromatic carbocycles. The molecule has 0 bridgehead atoms. The molecule has 0 unspecified atom stereocenters. The summed E-state index contributed by atoms with van der Waals surface area (Å²) in [4.78, 5) is 11.4. The fraction of sp³-hybridized carbons (Fsp3) is 0.300. The molecule has 1 aromatic rings. The van der Waals surface area contributed by atoms with Crippen molar-refractivity contribution in [2.24, 2.45) is 5.73 Å². The fourth-order valence-corrected chi connectivity index (χ4v) is 1.45. The number of ether oxygens (including phenoxy) is 1. The van der Waals surface area contributed by atoms with Gasteiger partial charge in [0.15, 0.2) is 0 Å². The van der Waals surface area contributed by atoms with Crippen LogP contribution in [0.15, 0.2) is 22.7 Å². The molecule has 0 atom stereocenters. The molecule has 6 heteroatoms. The standard InChI is InChI=1S/C10H12BrClN2O2/c11-8-2-1-7(5-9(8)12)14-10(15)6-16-4-3-13/h1-2,5H,3-4,6,13H2,(H,14,15). The highest BCUT2D eigenvalue weighted by molar-refractivity contribution is 9.10. The molecule has 1 rings (SSSR count). The van der Waals surface area contributed by atoms with E-state index in [-0.39, 0.29) is 12.5 Å². The van der Waals surface area contributed by atoms with Crippen molar-refractivity contribution in [2.75, 3.05) is 25.1 Å². The van der Waals surface area contributed by atoms with E-state index in [4.69, 9.17) is 22.1 Å². The van der Waals surface area contributed by atoms with E-state index in [2.05, 4.69) is 21.2 Å². The largest absolute Gasteiger partial charge is 0.370 e. The molecule has 1 amide bonds. The summed E-state index contributed by atoms with van der Waals surface area (Å²) < 4.78 is 5.78. The normalized spacial score (nSPS) is 10.2. The minimum Gasteiger partial charge on any atom is -0.370 e. The van der Waals surface area contributed by atoms with Crippen LogP contribution in [0.4, 0.5) is 5.69 Å². The second-order valence-corrected chi connectivity index (χ2v) is 4.28. The number of carbonyl (C=O) groups excluding carboxylic acids is 1. The molecular weight excluding hydrogens is 295 g/mol. The van der Waals surface area contributed by atoms with Crippen molar-refractivity contribution < 1.29 is 9.53 Å². The van der Waals surface area contributed by atoms with E-state index in [0.717, 1.165) is 4.47 Å². The van der Waals surface area contributed by atoms with Crippen LogP contribution in [0.2, 0.25) is 5.02 Å². The highest BCUT2D eigenvalue weighted by atomic mass is 79.9. The van der Waals surface area contributed by atoms with E-state index in [1.54, 1.807) is 18.2 Å². The molecule has 0 aliphatic rings. The van der Waals surface area contributed by atoms with Crippen LogP contribution in [0.5, 0.6) is 0 Å². The van der Waals surface area contributed by atoms with Crippen LogP contribution in [0.1, 0.15) is 0 Å². The van der Waals surface area contributed by atoms with Crippen LogP contribution in [0.3, 0.4) is 0 Å². The summed E-state index contributed by atoms with van der Waals surface area (Å²) in [6.07, 6.45) is 0. The van der Waals surface area contributed by atoms with Gasteiger partial charge in [0.1, 0.15) is 6.61 Å². The smallest absolute Gasteiger partial charge is 0.250 e. The zero-order valence-electron chi connectivity index (χ0n) is 8.50. The lowest BCUT2D eigenvalue weighted by atomic mass is 10.3. The second-order valence-electron chi connectivity index (χ2n) is 3.02. The number of halogens is 2. The topological polar surface area (TPSA) is 64.3 Å². The van der Waals surface area contributed by atoms with Crippen LogP contribution >= 0.6 is 27.5 Å². The first-order chi connectivity index (χ1) is 7.63. The van der Waals surface area contributed by atoms with Crippen molar-refractivity contribution in [3.05, 3.63) is 27.7 Å². The van der Waals surface area contributed by atoms with E-state index in [0.29, 0.717) is 23.9 Å². The van der Waals surface area contributed by atoms with Gasteiger partial charge in [-0.2, -0.15) is 0 Å². The molecular formula is C10H12BrClN2O2. The van der Waals surface area contributed by atoms with Gasteiger partial charge in [0.05, 0.1) is 11.6 Å². The van der Waals surface area contributed by atoms with E-state index >= 15 is 0 Å². The summed E-state index contributed by atoms with van der Waals surface area (Å²) >= 11 is 9.14. The molecule has 0 spiro atoms. The number of carbonyl (C=O) groups is 1. The summed E-state index contributed by atoms with van der Waals surface area (Å²) in [5.74, 6) is -0.230. The molecule has 4 nitrogen and oxygen atoms in total. The summed E-state index contributed by atoms with van der Waals surface area (Å²) in [7, 11) is 0. The van der Waals surface area contributed by atoms with Crippen molar-refractivity contribution in [3.8, 4) is 0 Å². The highest BCUT2D eigenvalue weighted by Gasteiger charge is 2.04. The number of rotatable bonds is 5. The number of hydrogen-bond acceptors (Lipinski definition) is 3. The van der Waals surface area contributed by atoms with Crippen molar-refractivity contribution >= 4 is 39.1 Å². The van der Waals surface area contributed by atoms with Gasteiger partial charge in [-0.05, 0) is 34.1 Å². The molecule has 0 aliphatic heterocycles. The molecule has 0 saturated carbocycles. The maximum absolute atomic E-state index is 11.4. The molecule has 0 saturated heterocycles. The number of hydrogen-bond donors (Lipinski definition) is 2. The van der Waals surface area contributed by atoms with E-state index < -0.39 is 0 Å². The van der Waals surface area contributed by atoms with Crippen LogP contribution in [-0.4, -0.2) is 25.7 Å². The third-order valence-corrected chi connectivity index (χ3v) is 2.93. The number of nitrogens with two attached hydrogens (primary N) is 1. The van der Waals surface area contributed by atoms with Crippen LogP contribution in [-0.2, 0) is 9.53 Å². The van der Waals surface area contributed by atoms with E-state index in [9.17, 15) is 4.79 Å². The van der Waals surface area contributed by atoms with Gasteiger partial charge >= 0.3 is 0 Å². The first kappa shape index (κ1) is 13.4. The zero-order chi connectivity index (χ0) is 12.0. The number of nitrogens with one attached hydrogen (secondary N) is 1. The van der Waals surface area contributed by atoms with Crippen molar-refractivity contribution in [3.63, 3.8) is 0 Å². The van der Waals surface area contributed by atoms with Crippen LogP contribution in [0.25, 0.3) is 0 Å². The van der Waals surface area contributed by atoms with Gasteiger partial charge in [0.25, 0.3) is 0 Å². The molecule has 0 heterocycles. The van der Waals surface area contributed by atoms with Gasteiger partial charge in [0, 0.05) is 16.7 Å². The Balaban J connectivity index is 2.46. The lowest BCUT2D eigenvalue weighted by Crippen LogP contribution is -2.20. The molecule has 0 aromatic heterocycles. The highest BCUT2D eigenvalue weighted by Crippen LogP contribution is 2.25. The number of amides is 1. The predicted molar refractivity (Wildman–Crippen MR) is 67.7 cm³/mol. The minimum atomic E-state index is -0.230. The van der Waals surface area contributed by atoms with Gasteiger partial charge in [-0.3, -0.25) is 4.79 Å². The minimum absolute atomic E-state index is 0.00904. The Morgan fingerprint density at radius 1 is 1.56 bits per heavy atom. The fourth-order valence-electron chi connectivity index (χ4n) is 1.02. The number of benzene rings is 1. The number of anilines is 1. The maximum Gasteiger partial charge on any atom is 0.250 e. The maximum atomic E-state index is 11.4. The quantitative estimate of drug-likeness (QED) is 0.818. The Kier molecular flexibility index (Phi) is 5.76. The van der Waals surface area contributed by atoms with Gasteiger partial charge in [-0.25, -0.2) is 0 Å². The van der Waals surface area contributed by atoms with Crippen LogP contribution in [0, 0.1) is 0 Å². The Morgan fingerprint density at radius 2 is 2.31 bits per heavy atom. The van der Waals surface area contributed by atoms with Crippen molar-refractivity contribution in [1.82, 2.24) is 0 Å². The van der Waals surface area contributed by atoms with Gasteiger partial charge < -0.3 is 15.8 Å². The first-order valence-corrected chi connectivity index (χ1v) is 5.83. The lowest BCUT2D eigenvalue weighted by Gasteiger charge is -2.06. The SMILES string of the molecule is NCCOCC(=O)Nc1ccc(Br)c(Cl)c1. The van der Waals surface area contributed by atoms with Crippen molar-refractivity contribution in [1.29, 1.82) is 0 Å². The second kappa shape index (κ2) is 6.85. The first-order valence-electron chi connectivity index (χ1n) is 4.66. The summed E-state index contributed by atoms with van der Waals surface area (Å²) in [6, 6.07) is 5.17.